The van der Waals surface area contributed by atoms with Gasteiger partial charge in [-0.25, -0.2) is 0 Å². The first-order valence-electron chi connectivity index (χ1n) is 7.77. The minimum atomic E-state index is -3.98. The highest BCUT2D eigenvalue weighted by atomic mass is 32.2. The highest BCUT2D eigenvalue weighted by Crippen LogP contribution is 2.33. The first-order valence-corrected chi connectivity index (χ1v) is 9.18. The van der Waals surface area contributed by atoms with E-state index in [9.17, 15) is 8.42 Å². The number of nitrogens with zero attached hydrogens (tertiary/aromatic N) is 1. The Hall–Kier alpha value is -2.86. The van der Waals surface area contributed by atoms with E-state index in [2.05, 4.69) is 5.16 Å². The fraction of sp³-hybridized carbons (Fsp3) is 0.105. The molecule has 5 nitrogen and oxygen atoms in total. The van der Waals surface area contributed by atoms with E-state index in [1.807, 2.05) is 36.4 Å². The molecule has 1 heterocycles. The van der Waals surface area contributed by atoms with Crippen LogP contribution in [0.15, 0.2) is 70.7 Å². The van der Waals surface area contributed by atoms with Crippen molar-refractivity contribution in [3.8, 4) is 5.75 Å². The largest absolute Gasteiger partial charge is 0.486 e. The maximum Gasteiger partial charge on any atom is 0.358 e. The second kappa shape index (κ2) is 5.89. The Bertz CT molecular complexity index is 1100. The molecule has 0 saturated heterocycles. The van der Waals surface area contributed by atoms with Crippen molar-refractivity contribution in [2.24, 2.45) is 5.16 Å². The fourth-order valence-corrected chi connectivity index (χ4v) is 3.91. The molecule has 0 fully saturated rings. The summed E-state index contributed by atoms with van der Waals surface area (Å²) < 4.78 is 35.4. The number of fused-ring (bicyclic) bond motifs is 3. The second-order valence-corrected chi connectivity index (χ2v) is 7.28. The molecule has 1 aliphatic rings. The van der Waals surface area contributed by atoms with Gasteiger partial charge in [-0.3, -0.25) is 4.28 Å². The van der Waals surface area contributed by atoms with E-state index in [0.717, 1.165) is 16.3 Å². The number of ether oxygens (including phenoxy) is 1. The van der Waals surface area contributed by atoms with Crippen molar-refractivity contribution in [3.05, 3.63) is 71.8 Å². The molecule has 25 heavy (non-hydrogen) atoms. The molecule has 0 atom stereocenters. The number of oxime groups is 1. The van der Waals surface area contributed by atoms with E-state index in [4.69, 9.17) is 9.02 Å². The summed E-state index contributed by atoms with van der Waals surface area (Å²) >= 11 is 0. The molecule has 0 amide bonds. The highest BCUT2D eigenvalue weighted by molar-refractivity contribution is 7.86. The van der Waals surface area contributed by atoms with Crippen LogP contribution in [0.25, 0.3) is 10.8 Å². The summed E-state index contributed by atoms with van der Waals surface area (Å²) in [6.45, 7) is 1.89. The van der Waals surface area contributed by atoms with Crippen molar-refractivity contribution < 1.29 is 17.4 Å². The van der Waals surface area contributed by atoms with Gasteiger partial charge in [-0.1, -0.05) is 53.7 Å². The van der Waals surface area contributed by atoms with Gasteiger partial charge in [0.2, 0.25) is 0 Å². The molecular weight excluding hydrogens is 338 g/mol. The van der Waals surface area contributed by atoms with Crippen LogP contribution in [0.1, 0.15) is 11.1 Å². The molecule has 0 unspecified atom stereocenters. The first-order chi connectivity index (χ1) is 12.1. The third kappa shape index (κ3) is 2.74. The molecule has 126 valence electrons. The summed E-state index contributed by atoms with van der Waals surface area (Å²) in [5.74, 6) is 0.675. The van der Waals surface area contributed by atoms with Crippen LogP contribution in [0.5, 0.6) is 5.75 Å². The van der Waals surface area contributed by atoms with Crippen LogP contribution in [0, 0.1) is 6.92 Å². The van der Waals surface area contributed by atoms with Crippen molar-refractivity contribution in [1.82, 2.24) is 0 Å². The molecular formula is C19H15NO4S. The van der Waals surface area contributed by atoms with Crippen LogP contribution >= 0.6 is 0 Å². The van der Waals surface area contributed by atoms with Crippen LogP contribution in [-0.4, -0.2) is 20.7 Å². The topological polar surface area (TPSA) is 65.0 Å². The van der Waals surface area contributed by atoms with Gasteiger partial charge < -0.3 is 4.74 Å². The van der Waals surface area contributed by atoms with Gasteiger partial charge in [0.15, 0.2) is 0 Å². The Labute approximate surface area is 145 Å². The van der Waals surface area contributed by atoms with Gasteiger partial charge >= 0.3 is 10.1 Å². The van der Waals surface area contributed by atoms with E-state index >= 15 is 0 Å². The molecule has 3 aromatic carbocycles. The van der Waals surface area contributed by atoms with Gasteiger partial charge in [0.25, 0.3) is 0 Å². The third-order valence-electron chi connectivity index (χ3n) is 4.15. The van der Waals surface area contributed by atoms with Crippen molar-refractivity contribution in [3.63, 3.8) is 0 Å². The van der Waals surface area contributed by atoms with Gasteiger partial charge in [-0.2, -0.15) is 8.42 Å². The number of aryl methyl sites for hydroxylation is 1. The standard InChI is InChI=1S/C19H15NO4S/c1-13-6-2-5-9-18(13)25(21,22)24-20-16-12-23-17-11-10-14-7-3-4-8-15(14)19(16)17/h2-11H,12H2,1H3/b20-16+. The van der Waals surface area contributed by atoms with Gasteiger partial charge in [-0.05, 0) is 35.4 Å². The minimum Gasteiger partial charge on any atom is -0.486 e. The minimum absolute atomic E-state index is 0.108. The summed E-state index contributed by atoms with van der Waals surface area (Å²) in [5.41, 5.74) is 1.85. The zero-order valence-electron chi connectivity index (χ0n) is 13.5. The normalized spacial score (nSPS) is 15.2. The predicted octanol–water partition coefficient (Wildman–Crippen LogP) is 3.65. The Kier molecular flexibility index (Phi) is 3.69. The highest BCUT2D eigenvalue weighted by Gasteiger charge is 2.25. The molecule has 0 aromatic heterocycles. The van der Waals surface area contributed by atoms with Crippen molar-refractivity contribution in [1.29, 1.82) is 0 Å². The van der Waals surface area contributed by atoms with Crippen LogP contribution < -0.4 is 4.74 Å². The van der Waals surface area contributed by atoms with E-state index in [1.165, 1.54) is 6.07 Å². The van der Waals surface area contributed by atoms with Crippen molar-refractivity contribution >= 4 is 26.6 Å². The van der Waals surface area contributed by atoms with Gasteiger partial charge in [0, 0.05) is 0 Å². The third-order valence-corrected chi connectivity index (χ3v) is 5.42. The second-order valence-electron chi connectivity index (χ2n) is 5.78. The number of rotatable bonds is 3. The van der Waals surface area contributed by atoms with Crippen LogP contribution in [0.2, 0.25) is 0 Å². The predicted molar refractivity (Wildman–Crippen MR) is 95.4 cm³/mol. The summed E-state index contributed by atoms with van der Waals surface area (Å²) in [5, 5.41) is 5.89. The monoisotopic (exact) mass is 353 g/mol. The Morgan fingerprint density at radius 1 is 1.00 bits per heavy atom. The Balaban J connectivity index is 1.74. The molecule has 0 radical (unpaired) electrons. The number of hydrogen-bond donors (Lipinski definition) is 0. The number of hydrogen-bond acceptors (Lipinski definition) is 5. The number of benzene rings is 3. The molecule has 4 rings (SSSR count). The molecule has 0 saturated carbocycles. The molecule has 3 aromatic rings. The maximum absolute atomic E-state index is 12.4. The zero-order valence-corrected chi connectivity index (χ0v) is 14.3. The van der Waals surface area contributed by atoms with Gasteiger partial charge in [0.1, 0.15) is 23.0 Å². The first kappa shape index (κ1) is 15.7. The molecule has 0 N–H and O–H groups in total. The van der Waals surface area contributed by atoms with Crippen LogP contribution in [-0.2, 0) is 14.4 Å². The Morgan fingerprint density at radius 3 is 2.60 bits per heavy atom. The lowest BCUT2D eigenvalue weighted by molar-refractivity contribution is 0.332. The van der Waals surface area contributed by atoms with E-state index in [0.29, 0.717) is 17.0 Å². The molecule has 0 bridgehead atoms. The van der Waals surface area contributed by atoms with E-state index in [-0.39, 0.29) is 11.5 Å². The quantitative estimate of drug-likeness (QED) is 0.674. The van der Waals surface area contributed by atoms with Crippen LogP contribution in [0.3, 0.4) is 0 Å². The van der Waals surface area contributed by atoms with Crippen LogP contribution in [0.4, 0.5) is 0 Å². The molecule has 6 heteroatoms. The average Bonchev–Trinajstić information content (AvgIpc) is 3.04. The lowest BCUT2D eigenvalue weighted by Crippen LogP contribution is -2.09. The van der Waals surface area contributed by atoms with Gasteiger partial charge in [-0.15, -0.1) is 0 Å². The zero-order chi connectivity index (χ0) is 17.4. The lowest BCUT2D eigenvalue weighted by atomic mass is 10.0. The summed E-state index contributed by atoms with van der Waals surface area (Å²) in [6.07, 6.45) is 0. The smallest absolute Gasteiger partial charge is 0.358 e. The van der Waals surface area contributed by atoms with Crippen molar-refractivity contribution in [2.45, 2.75) is 11.8 Å². The van der Waals surface area contributed by atoms with E-state index < -0.39 is 10.1 Å². The summed E-state index contributed by atoms with van der Waals surface area (Å²) in [4.78, 5) is 0.108. The van der Waals surface area contributed by atoms with Gasteiger partial charge in [0.05, 0.1) is 5.56 Å². The molecule has 0 spiro atoms. The summed E-state index contributed by atoms with van der Waals surface area (Å²) in [7, 11) is -3.98. The molecule has 0 aliphatic carbocycles. The van der Waals surface area contributed by atoms with Crippen molar-refractivity contribution in [2.75, 3.05) is 6.61 Å². The molecule has 1 aliphatic heterocycles. The summed E-state index contributed by atoms with van der Waals surface area (Å²) in [6, 6.07) is 18.3. The fourth-order valence-electron chi connectivity index (χ4n) is 2.93. The average molecular weight is 353 g/mol. The SMILES string of the molecule is Cc1ccccc1S(=O)(=O)O/N=C1\COc2ccc3ccccc3c21. The Morgan fingerprint density at radius 2 is 1.76 bits per heavy atom. The van der Waals surface area contributed by atoms with E-state index in [1.54, 1.807) is 25.1 Å². The lowest BCUT2D eigenvalue weighted by Gasteiger charge is -2.06. The maximum atomic E-state index is 12.4.